The van der Waals surface area contributed by atoms with E-state index in [4.69, 9.17) is 0 Å². The number of hydrogen-bond donors (Lipinski definition) is 3. The van der Waals surface area contributed by atoms with Gasteiger partial charge in [-0.25, -0.2) is 9.49 Å². The number of hydrogen-bond acceptors (Lipinski definition) is 7. The van der Waals surface area contributed by atoms with Crippen LogP contribution in [0.1, 0.15) is 40.7 Å². The molecule has 1 unspecified atom stereocenters. The van der Waals surface area contributed by atoms with Gasteiger partial charge in [-0.1, -0.05) is 31.2 Å². The van der Waals surface area contributed by atoms with E-state index in [0.717, 1.165) is 44.7 Å². The summed E-state index contributed by atoms with van der Waals surface area (Å²) in [6.07, 6.45) is 6.32. The summed E-state index contributed by atoms with van der Waals surface area (Å²) in [6, 6.07) is 9.19. The number of amides is 1. The molecule has 4 aromatic rings. The first-order chi connectivity index (χ1) is 19.3. The molecule has 1 aliphatic rings. The van der Waals surface area contributed by atoms with Crippen molar-refractivity contribution in [3.63, 3.8) is 0 Å². The Hall–Kier alpha value is -3.66. The van der Waals surface area contributed by atoms with E-state index in [0.29, 0.717) is 35.2 Å². The molecule has 3 N–H and O–H groups in total. The molecule has 0 fully saturated rings. The second-order valence-corrected chi connectivity index (χ2v) is 11.3. The second-order valence-electron chi connectivity index (χ2n) is 9.62. The Kier molecular flexibility index (Phi) is 8.25. The number of aromatic nitrogens is 4. The molecular formula is C28H31FN7O2PS. The van der Waals surface area contributed by atoms with Gasteiger partial charge in [-0.15, -0.1) is 20.6 Å². The summed E-state index contributed by atoms with van der Waals surface area (Å²) >= 11 is 1.49. The van der Waals surface area contributed by atoms with Crippen molar-refractivity contribution in [1.82, 2.24) is 24.9 Å². The van der Waals surface area contributed by atoms with E-state index in [1.54, 1.807) is 28.8 Å². The molecule has 0 saturated heterocycles. The highest BCUT2D eigenvalue weighted by molar-refractivity contribution is 7.28. The summed E-state index contributed by atoms with van der Waals surface area (Å²) in [5.74, 6) is 0.299. The largest absolute Gasteiger partial charge is 0.334 e. The topological polar surface area (TPSA) is 108 Å². The van der Waals surface area contributed by atoms with Gasteiger partial charge in [0.1, 0.15) is 12.5 Å². The average molecular weight is 580 g/mol. The first-order valence-electron chi connectivity index (χ1n) is 13.0. The summed E-state index contributed by atoms with van der Waals surface area (Å²) in [5.41, 5.74) is 3.50. The predicted octanol–water partition coefficient (Wildman–Crippen LogP) is 3.14. The number of alkyl halides is 1. The fourth-order valence-corrected chi connectivity index (χ4v) is 6.13. The van der Waals surface area contributed by atoms with Gasteiger partial charge in [0.15, 0.2) is 5.82 Å². The molecule has 12 heteroatoms. The first-order valence-corrected chi connectivity index (χ1v) is 14.4. The normalized spacial score (nSPS) is 12.6. The zero-order valence-electron chi connectivity index (χ0n) is 22.5. The number of aromatic amines is 1. The Bertz CT molecular complexity index is 1720. The van der Waals surface area contributed by atoms with Gasteiger partial charge >= 0.3 is 0 Å². The van der Waals surface area contributed by atoms with Crippen LogP contribution in [0.4, 0.5) is 21.6 Å². The summed E-state index contributed by atoms with van der Waals surface area (Å²) in [6.45, 7) is 4.24. The molecule has 0 aliphatic heterocycles. The van der Waals surface area contributed by atoms with E-state index in [-0.39, 0.29) is 11.6 Å². The summed E-state index contributed by atoms with van der Waals surface area (Å²) < 4.78 is 16.0. The van der Waals surface area contributed by atoms with Crippen molar-refractivity contribution in [2.45, 2.75) is 33.2 Å². The molecule has 40 heavy (non-hydrogen) atoms. The lowest BCUT2D eigenvalue weighted by Crippen LogP contribution is -2.22. The first kappa shape index (κ1) is 27.9. The van der Waals surface area contributed by atoms with Crippen LogP contribution in [0.5, 0.6) is 0 Å². The van der Waals surface area contributed by atoms with Crippen LogP contribution in [0, 0.1) is 6.92 Å². The second kappa shape index (κ2) is 11.8. The number of carbonyl (C=O) groups is 1. The number of aryl methyl sites for hydroxylation is 2. The fourth-order valence-electron chi connectivity index (χ4n) is 4.55. The van der Waals surface area contributed by atoms with E-state index in [9.17, 15) is 14.0 Å². The van der Waals surface area contributed by atoms with Crippen molar-refractivity contribution in [2.24, 2.45) is 7.05 Å². The van der Waals surface area contributed by atoms with Gasteiger partial charge in [-0.05, 0) is 49.2 Å². The summed E-state index contributed by atoms with van der Waals surface area (Å²) in [7, 11) is 4.47. The molecule has 0 radical (unpaired) electrons. The van der Waals surface area contributed by atoms with E-state index in [1.165, 1.54) is 11.3 Å². The highest BCUT2D eigenvalue weighted by atomic mass is 32.1. The van der Waals surface area contributed by atoms with Gasteiger partial charge in [0.2, 0.25) is 0 Å². The third-order valence-electron chi connectivity index (χ3n) is 6.89. The standard InChI is InChI=1S/C28H31FN7O2PS/c1-4-36(15-29)14-18-12-24(34-35(18)3)30-21-13-20(32-33-27(21)37)19-10-9-16(2)25(26(19)39)31-28(38)23-11-17-7-5-6-8-22(17)40-23/h7-13H,4-6,14-15,39H2,1-3H3,(H,31,38)(H,33,37)(H,30,32,34). The van der Waals surface area contributed by atoms with Crippen LogP contribution in [0.15, 0.2) is 35.1 Å². The van der Waals surface area contributed by atoms with Gasteiger partial charge in [0, 0.05) is 35.1 Å². The molecule has 0 saturated carbocycles. The van der Waals surface area contributed by atoms with E-state index < -0.39 is 12.4 Å². The van der Waals surface area contributed by atoms with Crippen molar-refractivity contribution >= 4 is 61.1 Å². The maximum absolute atomic E-state index is 13.2. The van der Waals surface area contributed by atoms with Crippen LogP contribution < -0.4 is 31.2 Å². The van der Waals surface area contributed by atoms with Crippen LogP contribution in [0.3, 0.4) is 0 Å². The molecule has 1 amide bonds. The molecule has 1 aromatic carbocycles. The summed E-state index contributed by atoms with van der Waals surface area (Å²) in [5, 5.41) is 19.3. The van der Waals surface area contributed by atoms with Gasteiger partial charge in [0.25, 0.3) is 11.5 Å². The highest BCUT2D eigenvalue weighted by Gasteiger charge is 2.17. The van der Waals surface area contributed by atoms with Crippen LogP contribution >= 0.6 is 20.6 Å². The number of rotatable bonds is 9. The molecule has 1 aliphatic carbocycles. The van der Waals surface area contributed by atoms with Crippen LogP contribution in [-0.2, 0) is 13.6 Å². The maximum atomic E-state index is 13.2. The van der Waals surface area contributed by atoms with E-state index in [2.05, 4.69) is 47.3 Å². The molecular weight excluding hydrogens is 548 g/mol. The molecule has 9 nitrogen and oxygen atoms in total. The lowest BCUT2D eigenvalue weighted by molar-refractivity contribution is 0.103. The van der Waals surface area contributed by atoms with Gasteiger partial charge < -0.3 is 10.6 Å². The molecule has 5 rings (SSSR count). The van der Waals surface area contributed by atoms with Crippen molar-refractivity contribution in [1.29, 1.82) is 0 Å². The number of thiophene rings is 1. The Morgan fingerprint density at radius 2 is 2.05 bits per heavy atom. The Morgan fingerprint density at radius 3 is 2.80 bits per heavy atom. The Balaban J connectivity index is 1.41. The maximum Gasteiger partial charge on any atom is 0.287 e. The number of nitrogens with zero attached hydrogens (tertiary/aromatic N) is 4. The predicted molar refractivity (Wildman–Crippen MR) is 163 cm³/mol. The SMILES string of the molecule is CCN(CF)Cc1cc(Nc2cc(-c3ccc(C)c(NC(=O)c4cc5c(s4)=CCCC=5)c3P)n[nH]c2=O)nn1C. The molecule has 3 aromatic heterocycles. The quantitative estimate of drug-likeness (QED) is 0.208. The van der Waals surface area contributed by atoms with Crippen LogP contribution in [0.25, 0.3) is 23.4 Å². The van der Waals surface area contributed by atoms with E-state index >= 15 is 0 Å². The minimum absolute atomic E-state index is 0.165. The van der Waals surface area contributed by atoms with Gasteiger partial charge in [-0.3, -0.25) is 19.2 Å². The highest BCUT2D eigenvalue weighted by Crippen LogP contribution is 2.26. The third-order valence-corrected chi connectivity index (χ3v) is 8.63. The molecule has 0 bridgehead atoms. The molecule has 208 valence electrons. The van der Waals surface area contributed by atoms with Gasteiger partial charge in [-0.2, -0.15) is 10.2 Å². The van der Waals surface area contributed by atoms with Crippen molar-refractivity contribution < 1.29 is 9.18 Å². The number of benzene rings is 1. The minimum Gasteiger partial charge on any atom is -0.334 e. The molecule has 1 atom stereocenters. The minimum atomic E-state index is -0.555. The smallest absolute Gasteiger partial charge is 0.287 e. The number of anilines is 3. The summed E-state index contributed by atoms with van der Waals surface area (Å²) in [4.78, 5) is 28.1. The monoisotopic (exact) mass is 579 g/mol. The average Bonchev–Trinajstić information content (AvgIpc) is 3.54. The number of fused-ring (bicyclic) bond motifs is 1. The number of H-pyrrole nitrogens is 1. The number of nitrogens with one attached hydrogen (secondary N) is 3. The Labute approximate surface area is 237 Å². The third kappa shape index (κ3) is 5.77. The molecule has 0 spiro atoms. The number of carbonyl (C=O) groups excluding carboxylic acids is 1. The Morgan fingerprint density at radius 1 is 1.25 bits per heavy atom. The fraction of sp³-hybridized carbons (Fsp3) is 0.286. The van der Waals surface area contributed by atoms with Crippen molar-refractivity contribution in [3.05, 3.63) is 66.6 Å². The van der Waals surface area contributed by atoms with Crippen LogP contribution in [0.2, 0.25) is 0 Å². The van der Waals surface area contributed by atoms with Gasteiger partial charge in [0.05, 0.1) is 22.0 Å². The zero-order valence-corrected chi connectivity index (χ0v) is 24.5. The van der Waals surface area contributed by atoms with Crippen molar-refractivity contribution in [2.75, 3.05) is 24.0 Å². The van der Waals surface area contributed by atoms with Crippen molar-refractivity contribution in [3.8, 4) is 11.3 Å². The number of halogens is 1. The van der Waals surface area contributed by atoms with Crippen LogP contribution in [-0.4, -0.2) is 44.1 Å². The zero-order chi connectivity index (χ0) is 28.4. The molecule has 3 heterocycles. The lowest BCUT2D eigenvalue weighted by Gasteiger charge is -2.15. The van der Waals surface area contributed by atoms with E-state index in [1.807, 2.05) is 32.0 Å². The lowest BCUT2D eigenvalue weighted by atomic mass is 10.1.